The highest BCUT2D eigenvalue weighted by atomic mass is 16.2. The number of nitrogens with zero attached hydrogens (tertiary/aromatic N) is 5. The number of amides is 2. The Kier molecular flexibility index (Phi) is 2.79. The number of hydrogen-bond donors (Lipinski definition) is 2. The highest BCUT2D eigenvalue weighted by molar-refractivity contribution is 6.23. The Morgan fingerprint density at radius 1 is 1.00 bits per heavy atom. The van der Waals surface area contributed by atoms with E-state index in [4.69, 9.17) is 5.73 Å². The summed E-state index contributed by atoms with van der Waals surface area (Å²) in [5.74, 6) is -1.34. The van der Waals surface area contributed by atoms with E-state index in [9.17, 15) is 14.4 Å². The Morgan fingerprint density at radius 3 is 2.38 bits per heavy atom. The van der Waals surface area contributed by atoms with Crippen molar-refractivity contribution in [3.63, 3.8) is 0 Å². The largest absolute Gasteiger partial charge is 0.384 e. The minimum Gasteiger partial charge on any atom is -0.384 e. The number of carbonyl (C=O) groups is 2. The van der Waals surface area contributed by atoms with Gasteiger partial charge < -0.3 is 5.73 Å². The van der Waals surface area contributed by atoms with Gasteiger partial charge in [0.15, 0.2) is 6.33 Å². The standard InChI is InChI=1S/C14H9N7O3/c15-12-11-9(13(23)18-14(11)24)5-10(22)20(12)7-1-3-8(4-2-7)21-17-6-16-19-21/h1-6H,15H2,(H,18,23,24). The molecule has 3 aromatic rings. The van der Waals surface area contributed by atoms with Gasteiger partial charge in [0.05, 0.1) is 22.5 Å². The molecule has 0 aliphatic carbocycles. The first-order chi connectivity index (χ1) is 11.6. The lowest BCUT2D eigenvalue weighted by molar-refractivity contribution is 0.0880. The van der Waals surface area contributed by atoms with Crippen LogP contribution in [0.5, 0.6) is 0 Å². The summed E-state index contributed by atoms with van der Waals surface area (Å²) >= 11 is 0. The fourth-order valence-corrected chi connectivity index (χ4v) is 2.57. The molecule has 0 fully saturated rings. The predicted molar refractivity (Wildman–Crippen MR) is 81.0 cm³/mol. The van der Waals surface area contributed by atoms with Crippen LogP contribution in [0.4, 0.5) is 5.82 Å². The van der Waals surface area contributed by atoms with Crippen molar-refractivity contribution in [1.29, 1.82) is 0 Å². The number of benzene rings is 1. The van der Waals surface area contributed by atoms with Crippen LogP contribution in [0.1, 0.15) is 20.7 Å². The second-order valence-electron chi connectivity index (χ2n) is 5.02. The van der Waals surface area contributed by atoms with Gasteiger partial charge in [0.1, 0.15) is 5.82 Å². The van der Waals surface area contributed by atoms with Crippen molar-refractivity contribution >= 4 is 17.6 Å². The van der Waals surface area contributed by atoms with E-state index < -0.39 is 17.4 Å². The molecule has 1 aliphatic rings. The normalized spacial score (nSPS) is 13.0. The predicted octanol–water partition coefficient (Wildman–Crippen LogP) is -0.721. The molecule has 2 aromatic heterocycles. The van der Waals surface area contributed by atoms with Crippen LogP contribution in [0, 0.1) is 0 Å². The Balaban J connectivity index is 1.86. The van der Waals surface area contributed by atoms with Crippen LogP contribution < -0.4 is 16.6 Å². The van der Waals surface area contributed by atoms with E-state index in [1.165, 1.54) is 11.1 Å². The molecule has 24 heavy (non-hydrogen) atoms. The summed E-state index contributed by atoms with van der Waals surface area (Å²) in [4.78, 5) is 37.1. The summed E-state index contributed by atoms with van der Waals surface area (Å²) < 4.78 is 1.16. The molecule has 1 aromatic carbocycles. The number of tetrazole rings is 1. The van der Waals surface area contributed by atoms with E-state index >= 15 is 0 Å². The summed E-state index contributed by atoms with van der Waals surface area (Å²) in [6.07, 6.45) is 1.30. The van der Waals surface area contributed by atoms with Gasteiger partial charge in [0.25, 0.3) is 17.4 Å². The summed E-state index contributed by atoms with van der Waals surface area (Å²) in [6, 6.07) is 7.68. The first kappa shape index (κ1) is 13.8. The number of aromatic nitrogens is 5. The Bertz CT molecular complexity index is 1040. The van der Waals surface area contributed by atoms with Crippen LogP contribution in [0.25, 0.3) is 11.4 Å². The van der Waals surface area contributed by atoms with Gasteiger partial charge in [-0.2, -0.15) is 0 Å². The molecule has 4 rings (SSSR count). The van der Waals surface area contributed by atoms with Crippen LogP contribution in [0.3, 0.4) is 0 Å². The van der Waals surface area contributed by atoms with E-state index in [0.717, 1.165) is 10.6 Å². The van der Waals surface area contributed by atoms with Crippen LogP contribution >= 0.6 is 0 Å². The zero-order chi connectivity index (χ0) is 16.8. The molecule has 2 amide bonds. The monoisotopic (exact) mass is 323 g/mol. The Hall–Kier alpha value is -3.82. The van der Waals surface area contributed by atoms with Crippen molar-refractivity contribution < 1.29 is 9.59 Å². The van der Waals surface area contributed by atoms with Gasteiger partial charge in [-0.05, 0) is 29.5 Å². The molecule has 3 N–H and O–H groups in total. The number of rotatable bonds is 2. The van der Waals surface area contributed by atoms with Crippen molar-refractivity contribution in [2.75, 3.05) is 5.73 Å². The van der Waals surface area contributed by atoms with E-state index in [2.05, 4.69) is 20.7 Å². The summed E-state index contributed by atoms with van der Waals surface area (Å²) in [5.41, 5.74) is 6.52. The molecule has 3 heterocycles. The van der Waals surface area contributed by atoms with Crippen molar-refractivity contribution in [3.8, 4) is 11.4 Å². The number of nitrogens with two attached hydrogens (primary N) is 1. The third kappa shape index (κ3) is 1.90. The summed E-state index contributed by atoms with van der Waals surface area (Å²) in [5, 5.41) is 13.4. The second-order valence-corrected chi connectivity index (χ2v) is 5.02. The maximum atomic E-state index is 12.3. The third-order valence-corrected chi connectivity index (χ3v) is 3.64. The van der Waals surface area contributed by atoms with Gasteiger partial charge in [0.2, 0.25) is 0 Å². The quantitative estimate of drug-likeness (QED) is 0.593. The zero-order valence-electron chi connectivity index (χ0n) is 12.0. The lowest BCUT2D eigenvalue weighted by atomic mass is 10.1. The average Bonchev–Trinajstić information content (AvgIpc) is 3.17. The van der Waals surface area contributed by atoms with Gasteiger partial charge in [-0.25, -0.2) is 0 Å². The highest BCUT2D eigenvalue weighted by Gasteiger charge is 2.31. The smallest absolute Gasteiger partial charge is 0.262 e. The second kappa shape index (κ2) is 4.84. The fraction of sp³-hybridized carbons (Fsp3) is 0. The molecule has 118 valence electrons. The number of nitrogen functional groups attached to an aromatic ring is 1. The Labute approximate surface area is 133 Å². The van der Waals surface area contributed by atoms with E-state index in [0.29, 0.717) is 11.4 Å². The molecule has 0 saturated carbocycles. The van der Waals surface area contributed by atoms with Crippen LogP contribution in [-0.4, -0.2) is 36.6 Å². The van der Waals surface area contributed by atoms with Crippen molar-refractivity contribution in [2.24, 2.45) is 0 Å². The molecule has 0 spiro atoms. The molecule has 10 nitrogen and oxygen atoms in total. The Morgan fingerprint density at radius 2 is 1.71 bits per heavy atom. The minimum absolute atomic E-state index is 0.00150. The fourth-order valence-electron chi connectivity index (χ4n) is 2.57. The summed E-state index contributed by atoms with van der Waals surface area (Å²) in [6.45, 7) is 0. The van der Waals surface area contributed by atoms with Crippen molar-refractivity contribution in [3.05, 3.63) is 58.1 Å². The average molecular weight is 323 g/mol. The first-order valence-corrected chi connectivity index (χ1v) is 6.81. The lowest BCUT2D eigenvalue weighted by Crippen LogP contribution is -2.24. The van der Waals surface area contributed by atoms with Crippen molar-refractivity contribution in [1.82, 2.24) is 30.1 Å². The van der Waals surface area contributed by atoms with Crippen molar-refractivity contribution in [2.45, 2.75) is 0 Å². The number of hydrogen-bond acceptors (Lipinski definition) is 7. The molecule has 0 radical (unpaired) electrons. The maximum absolute atomic E-state index is 12.3. The number of fused-ring (bicyclic) bond motifs is 1. The highest BCUT2D eigenvalue weighted by Crippen LogP contribution is 2.23. The van der Waals surface area contributed by atoms with Gasteiger partial charge in [-0.1, -0.05) is 0 Å². The number of nitrogens with one attached hydrogen (secondary N) is 1. The molecule has 10 heteroatoms. The van der Waals surface area contributed by atoms with E-state index in [1.54, 1.807) is 24.3 Å². The number of anilines is 1. The maximum Gasteiger partial charge on any atom is 0.262 e. The summed E-state index contributed by atoms with van der Waals surface area (Å²) in [7, 11) is 0. The number of imide groups is 1. The molecular weight excluding hydrogens is 314 g/mol. The lowest BCUT2D eigenvalue weighted by Gasteiger charge is -2.12. The SMILES string of the molecule is Nc1c2c(cc(=O)n1-c1ccc(-n3ncnn3)cc1)C(=O)NC2=O. The van der Waals surface area contributed by atoms with Crippen LogP contribution in [0.15, 0.2) is 41.5 Å². The van der Waals surface area contributed by atoms with E-state index in [1.807, 2.05) is 0 Å². The van der Waals surface area contributed by atoms with E-state index in [-0.39, 0.29) is 16.9 Å². The van der Waals surface area contributed by atoms with Crippen LogP contribution in [-0.2, 0) is 0 Å². The number of carbonyl (C=O) groups excluding carboxylic acids is 2. The molecule has 0 atom stereocenters. The molecule has 1 aliphatic heterocycles. The van der Waals surface area contributed by atoms with Gasteiger partial charge in [0, 0.05) is 6.07 Å². The first-order valence-electron chi connectivity index (χ1n) is 6.81. The molecule has 0 unspecified atom stereocenters. The zero-order valence-corrected chi connectivity index (χ0v) is 12.0. The topological polar surface area (TPSA) is 138 Å². The molecule has 0 saturated heterocycles. The van der Waals surface area contributed by atoms with Crippen LogP contribution in [0.2, 0.25) is 0 Å². The third-order valence-electron chi connectivity index (χ3n) is 3.64. The minimum atomic E-state index is -0.626. The molecule has 0 bridgehead atoms. The molecular formula is C14H9N7O3. The van der Waals surface area contributed by atoms with Gasteiger partial charge in [-0.15, -0.1) is 15.0 Å². The number of pyridine rings is 1. The van der Waals surface area contributed by atoms with Gasteiger partial charge in [-0.3, -0.25) is 24.3 Å². The van der Waals surface area contributed by atoms with Gasteiger partial charge >= 0.3 is 0 Å².